The maximum absolute atomic E-state index is 13.5. The number of likely N-dealkylation sites (tertiary alicyclic amines) is 1. The minimum Gasteiger partial charge on any atom is -0.346 e. The van der Waals surface area contributed by atoms with E-state index in [2.05, 4.69) is 34.0 Å². The fraction of sp³-hybridized carbons (Fsp3) is 0.360. The standard InChI is InChI=1S/C25H29FN4O/c1-3-24-27-17(2)23(29-24)16-30-12-10-18(11-13-30)25(31)28-22-9-5-7-20(15-22)19-6-4-8-21(26)14-19/h4-9,14-15,18H,3,10-13,16H2,1-2H3,(H,27,29)(H,28,31). The molecular weight excluding hydrogens is 391 g/mol. The Labute approximate surface area is 182 Å². The monoisotopic (exact) mass is 420 g/mol. The first kappa shape index (κ1) is 21.2. The van der Waals surface area contributed by atoms with Gasteiger partial charge in [-0.2, -0.15) is 0 Å². The molecule has 0 radical (unpaired) electrons. The Morgan fingerprint density at radius 3 is 2.55 bits per heavy atom. The van der Waals surface area contributed by atoms with E-state index in [1.807, 2.05) is 30.3 Å². The van der Waals surface area contributed by atoms with Crippen LogP contribution in [0.3, 0.4) is 0 Å². The van der Waals surface area contributed by atoms with Crippen molar-refractivity contribution in [1.82, 2.24) is 14.9 Å². The van der Waals surface area contributed by atoms with Crippen molar-refractivity contribution in [1.29, 1.82) is 0 Å². The minimum absolute atomic E-state index is 0.000518. The molecule has 1 fully saturated rings. The lowest BCUT2D eigenvalue weighted by atomic mass is 9.95. The largest absolute Gasteiger partial charge is 0.346 e. The van der Waals surface area contributed by atoms with Gasteiger partial charge in [-0.15, -0.1) is 0 Å². The summed E-state index contributed by atoms with van der Waals surface area (Å²) in [4.78, 5) is 23.2. The number of H-pyrrole nitrogens is 1. The number of aromatic amines is 1. The average molecular weight is 421 g/mol. The molecule has 0 atom stereocenters. The molecule has 0 bridgehead atoms. The first-order valence-electron chi connectivity index (χ1n) is 11.0. The predicted octanol–water partition coefficient (Wildman–Crippen LogP) is 4.94. The number of piperidine rings is 1. The van der Waals surface area contributed by atoms with Gasteiger partial charge in [0.1, 0.15) is 11.6 Å². The van der Waals surface area contributed by atoms with E-state index in [1.54, 1.807) is 6.07 Å². The second-order valence-corrected chi connectivity index (χ2v) is 8.24. The third-order valence-corrected chi connectivity index (χ3v) is 5.99. The van der Waals surface area contributed by atoms with Gasteiger partial charge in [0, 0.05) is 30.3 Å². The molecule has 3 aromatic rings. The van der Waals surface area contributed by atoms with E-state index in [0.29, 0.717) is 0 Å². The van der Waals surface area contributed by atoms with Crippen molar-refractivity contribution in [3.05, 3.63) is 71.6 Å². The number of anilines is 1. The van der Waals surface area contributed by atoms with Crippen LogP contribution in [-0.2, 0) is 17.8 Å². The molecule has 5 nitrogen and oxygen atoms in total. The van der Waals surface area contributed by atoms with Crippen LogP contribution in [0.2, 0.25) is 0 Å². The Balaban J connectivity index is 1.33. The average Bonchev–Trinajstić information content (AvgIpc) is 3.14. The van der Waals surface area contributed by atoms with Crippen molar-refractivity contribution in [2.24, 2.45) is 5.92 Å². The Morgan fingerprint density at radius 1 is 1.16 bits per heavy atom. The molecule has 1 amide bonds. The molecule has 1 aliphatic heterocycles. The van der Waals surface area contributed by atoms with Gasteiger partial charge in [0.2, 0.25) is 5.91 Å². The number of rotatable bonds is 6. The van der Waals surface area contributed by atoms with Gasteiger partial charge < -0.3 is 10.3 Å². The van der Waals surface area contributed by atoms with E-state index < -0.39 is 0 Å². The van der Waals surface area contributed by atoms with E-state index in [0.717, 1.165) is 72.9 Å². The van der Waals surface area contributed by atoms with E-state index in [1.165, 1.54) is 12.1 Å². The number of amides is 1. The molecule has 31 heavy (non-hydrogen) atoms. The van der Waals surface area contributed by atoms with Crippen molar-refractivity contribution >= 4 is 11.6 Å². The first-order chi connectivity index (χ1) is 15.0. The number of carbonyl (C=O) groups excluding carboxylic acids is 1. The summed E-state index contributed by atoms with van der Waals surface area (Å²) < 4.78 is 13.5. The number of hydrogen-bond donors (Lipinski definition) is 2. The number of hydrogen-bond acceptors (Lipinski definition) is 3. The van der Waals surface area contributed by atoms with Gasteiger partial charge in [-0.25, -0.2) is 9.37 Å². The van der Waals surface area contributed by atoms with Gasteiger partial charge in [0.25, 0.3) is 0 Å². The van der Waals surface area contributed by atoms with Crippen LogP contribution >= 0.6 is 0 Å². The zero-order chi connectivity index (χ0) is 21.8. The molecule has 1 saturated heterocycles. The summed E-state index contributed by atoms with van der Waals surface area (Å²) in [6.45, 7) is 6.76. The zero-order valence-electron chi connectivity index (χ0n) is 18.1. The van der Waals surface area contributed by atoms with E-state index in [-0.39, 0.29) is 17.6 Å². The van der Waals surface area contributed by atoms with Gasteiger partial charge in [-0.1, -0.05) is 31.2 Å². The molecule has 2 heterocycles. The number of nitrogens with zero attached hydrogens (tertiary/aromatic N) is 2. The Hall–Kier alpha value is -2.99. The molecule has 0 spiro atoms. The van der Waals surface area contributed by atoms with Gasteiger partial charge in [-0.05, 0) is 68.2 Å². The quantitative estimate of drug-likeness (QED) is 0.594. The third kappa shape index (κ3) is 5.20. The molecule has 4 rings (SSSR count). The van der Waals surface area contributed by atoms with Crippen LogP contribution in [0.25, 0.3) is 11.1 Å². The number of nitrogens with one attached hydrogen (secondary N) is 2. The molecule has 162 valence electrons. The maximum Gasteiger partial charge on any atom is 0.227 e. The summed E-state index contributed by atoms with van der Waals surface area (Å²) in [5.74, 6) is 0.817. The minimum atomic E-state index is -0.269. The van der Waals surface area contributed by atoms with Crippen LogP contribution in [0.1, 0.15) is 37.0 Å². The highest BCUT2D eigenvalue weighted by molar-refractivity contribution is 5.93. The molecule has 0 unspecified atom stereocenters. The van der Waals surface area contributed by atoms with E-state index in [9.17, 15) is 9.18 Å². The number of imidazole rings is 1. The summed E-state index contributed by atoms with van der Waals surface area (Å²) in [6.07, 6.45) is 2.57. The molecule has 2 N–H and O–H groups in total. The Morgan fingerprint density at radius 2 is 1.87 bits per heavy atom. The van der Waals surface area contributed by atoms with Crippen molar-refractivity contribution in [2.45, 2.75) is 39.7 Å². The second kappa shape index (κ2) is 9.43. The Bertz CT molecular complexity index is 1050. The highest BCUT2D eigenvalue weighted by Crippen LogP contribution is 2.25. The summed E-state index contributed by atoms with van der Waals surface area (Å²) >= 11 is 0. The van der Waals surface area contributed by atoms with Crippen LogP contribution in [0.4, 0.5) is 10.1 Å². The summed E-state index contributed by atoms with van der Waals surface area (Å²) in [7, 11) is 0. The van der Waals surface area contributed by atoms with Crippen LogP contribution < -0.4 is 5.32 Å². The molecule has 0 aliphatic carbocycles. The highest BCUT2D eigenvalue weighted by atomic mass is 19.1. The molecule has 1 aromatic heterocycles. The highest BCUT2D eigenvalue weighted by Gasteiger charge is 2.26. The maximum atomic E-state index is 13.5. The number of halogens is 1. The first-order valence-corrected chi connectivity index (χ1v) is 11.0. The van der Waals surface area contributed by atoms with Crippen molar-refractivity contribution in [2.75, 3.05) is 18.4 Å². The van der Waals surface area contributed by atoms with Crippen LogP contribution in [0, 0.1) is 18.7 Å². The van der Waals surface area contributed by atoms with Gasteiger partial charge in [0.05, 0.1) is 5.69 Å². The second-order valence-electron chi connectivity index (χ2n) is 8.24. The SMILES string of the molecule is CCc1nc(CN2CCC(C(=O)Nc3cccc(-c4cccc(F)c4)c3)CC2)c(C)[nH]1. The van der Waals surface area contributed by atoms with Crippen molar-refractivity contribution in [3.8, 4) is 11.1 Å². The zero-order valence-corrected chi connectivity index (χ0v) is 18.1. The normalized spacial score (nSPS) is 15.2. The van der Waals surface area contributed by atoms with Crippen LogP contribution in [0.5, 0.6) is 0 Å². The van der Waals surface area contributed by atoms with Gasteiger partial charge >= 0.3 is 0 Å². The fourth-order valence-electron chi connectivity index (χ4n) is 4.14. The molecule has 2 aromatic carbocycles. The van der Waals surface area contributed by atoms with Crippen LogP contribution in [-0.4, -0.2) is 33.9 Å². The fourth-order valence-corrected chi connectivity index (χ4v) is 4.14. The third-order valence-electron chi connectivity index (χ3n) is 5.99. The number of benzene rings is 2. The molecule has 1 aliphatic rings. The molecule has 6 heteroatoms. The lowest BCUT2D eigenvalue weighted by Gasteiger charge is -2.31. The Kier molecular flexibility index (Phi) is 6.47. The van der Waals surface area contributed by atoms with E-state index in [4.69, 9.17) is 0 Å². The van der Waals surface area contributed by atoms with Crippen LogP contribution in [0.15, 0.2) is 48.5 Å². The number of aryl methyl sites for hydroxylation is 2. The molecule has 0 saturated carbocycles. The summed E-state index contributed by atoms with van der Waals surface area (Å²) in [5, 5.41) is 3.05. The van der Waals surface area contributed by atoms with Gasteiger partial charge in [0.15, 0.2) is 0 Å². The van der Waals surface area contributed by atoms with Gasteiger partial charge in [-0.3, -0.25) is 9.69 Å². The van der Waals surface area contributed by atoms with E-state index >= 15 is 0 Å². The predicted molar refractivity (Wildman–Crippen MR) is 121 cm³/mol. The lowest BCUT2D eigenvalue weighted by molar-refractivity contribution is -0.121. The van der Waals surface area contributed by atoms with Crippen molar-refractivity contribution < 1.29 is 9.18 Å². The number of carbonyl (C=O) groups is 1. The molecular formula is C25H29FN4O. The number of aromatic nitrogens is 2. The summed E-state index contributed by atoms with van der Waals surface area (Å²) in [5.41, 5.74) is 4.66. The summed E-state index contributed by atoms with van der Waals surface area (Å²) in [6, 6.07) is 14.1. The smallest absolute Gasteiger partial charge is 0.227 e. The lowest BCUT2D eigenvalue weighted by Crippen LogP contribution is -2.38. The van der Waals surface area contributed by atoms with Crippen molar-refractivity contribution in [3.63, 3.8) is 0 Å². The topological polar surface area (TPSA) is 61.0 Å².